The van der Waals surface area contributed by atoms with Gasteiger partial charge in [0.1, 0.15) is 0 Å². The quantitative estimate of drug-likeness (QED) is 0.781. The zero-order chi connectivity index (χ0) is 17.4. The van der Waals surface area contributed by atoms with E-state index < -0.39 is 0 Å². The maximum absolute atomic E-state index is 12.5. The van der Waals surface area contributed by atoms with E-state index in [1.165, 1.54) is 0 Å². The van der Waals surface area contributed by atoms with E-state index >= 15 is 0 Å². The molecule has 130 valence electrons. The van der Waals surface area contributed by atoms with Gasteiger partial charge in [0, 0.05) is 25.7 Å². The van der Waals surface area contributed by atoms with Gasteiger partial charge in [0.05, 0.1) is 23.9 Å². The lowest BCUT2D eigenvalue weighted by molar-refractivity contribution is -0.131. The molecule has 3 heterocycles. The summed E-state index contributed by atoms with van der Waals surface area (Å²) in [6.07, 6.45) is 6.77. The van der Waals surface area contributed by atoms with Crippen molar-refractivity contribution >= 4 is 13.0 Å². The number of hydrogen-bond donors (Lipinski definition) is 0. The molecule has 1 saturated heterocycles. The number of nitrogens with zero attached hydrogens (tertiary/aromatic N) is 4. The van der Waals surface area contributed by atoms with Gasteiger partial charge in [-0.2, -0.15) is 0 Å². The maximum atomic E-state index is 12.5. The van der Waals surface area contributed by atoms with Crippen LogP contribution in [-0.2, 0) is 20.6 Å². The lowest BCUT2D eigenvalue weighted by Crippen LogP contribution is -2.41. The highest BCUT2D eigenvalue weighted by Crippen LogP contribution is 2.39. The molecule has 0 spiro atoms. The van der Waals surface area contributed by atoms with Crippen molar-refractivity contribution in [2.24, 2.45) is 0 Å². The van der Waals surface area contributed by atoms with Crippen molar-refractivity contribution in [2.45, 2.75) is 58.3 Å². The van der Waals surface area contributed by atoms with Crippen LogP contribution in [0.5, 0.6) is 0 Å². The minimum atomic E-state index is -0.374. The number of amides is 1. The molecule has 0 aliphatic carbocycles. The van der Waals surface area contributed by atoms with Gasteiger partial charge in [0.25, 0.3) is 0 Å². The van der Waals surface area contributed by atoms with Gasteiger partial charge >= 0.3 is 7.12 Å². The highest BCUT2D eigenvalue weighted by Gasteiger charge is 2.52. The Balaban J connectivity index is 1.58. The summed E-state index contributed by atoms with van der Waals surface area (Å²) in [4.78, 5) is 14.3. The molecule has 0 radical (unpaired) electrons. The Morgan fingerprint density at radius 1 is 1.29 bits per heavy atom. The molecular formula is C16H25BN4O3. The van der Waals surface area contributed by atoms with Crippen LogP contribution in [0, 0.1) is 0 Å². The Morgan fingerprint density at radius 3 is 2.62 bits per heavy atom. The van der Waals surface area contributed by atoms with Crippen LogP contribution < -0.4 is 0 Å². The molecule has 0 N–H and O–H groups in total. The van der Waals surface area contributed by atoms with Gasteiger partial charge < -0.3 is 14.2 Å². The van der Waals surface area contributed by atoms with Crippen LogP contribution in [0.3, 0.4) is 0 Å². The molecule has 2 aliphatic heterocycles. The average molecular weight is 332 g/mol. The molecule has 1 aromatic heterocycles. The molecule has 2 aliphatic rings. The Bertz CT molecular complexity index is 611. The molecule has 8 heteroatoms. The minimum Gasteiger partial charge on any atom is -0.400 e. The summed E-state index contributed by atoms with van der Waals surface area (Å²) in [6, 6.07) is 0. The molecule has 3 rings (SSSR count). The summed E-state index contributed by atoms with van der Waals surface area (Å²) in [6.45, 7) is 10.0. The van der Waals surface area contributed by atoms with Crippen LogP contribution in [0.2, 0.25) is 0 Å². The second-order valence-electron chi connectivity index (χ2n) is 7.39. The first-order valence-electron chi connectivity index (χ1n) is 8.45. The van der Waals surface area contributed by atoms with E-state index in [-0.39, 0.29) is 24.2 Å². The number of rotatable bonds is 4. The molecule has 0 bridgehead atoms. The van der Waals surface area contributed by atoms with Gasteiger partial charge in [-0.3, -0.25) is 9.48 Å². The molecule has 0 saturated carbocycles. The third kappa shape index (κ3) is 3.39. The van der Waals surface area contributed by atoms with Crippen molar-refractivity contribution in [3.05, 3.63) is 23.9 Å². The zero-order valence-corrected chi connectivity index (χ0v) is 14.9. The van der Waals surface area contributed by atoms with E-state index in [4.69, 9.17) is 9.31 Å². The smallest absolute Gasteiger partial charge is 0.400 e. The number of carbonyl (C=O) groups is 1. The topological polar surface area (TPSA) is 69.5 Å². The van der Waals surface area contributed by atoms with Crippen molar-refractivity contribution < 1.29 is 14.1 Å². The highest BCUT2D eigenvalue weighted by molar-refractivity contribution is 6.54. The van der Waals surface area contributed by atoms with Crippen molar-refractivity contribution in [1.82, 2.24) is 19.9 Å². The summed E-state index contributed by atoms with van der Waals surface area (Å²) in [5, 5.41) is 7.64. The minimum absolute atomic E-state index is 0.118. The highest BCUT2D eigenvalue weighted by atomic mass is 16.7. The fourth-order valence-corrected chi connectivity index (χ4v) is 2.87. The number of aromatic nitrogens is 3. The zero-order valence-electron chi connectivity index (χ0n) is 14.9. The molecule has 0 aromatic carbocycles. The Morgan fingerprint density at radius 2 is 2.00 bits per heavy atom. The van der Waals surface area contributed by atoms with Gasteiger partial charge in [-0.25, -0.2) is 0 Å². The molecule has 24 heavy (non-hydrogen) atoms. The van der Waals surface area contributed by atoms with Crippen molar-refractivity contribution in [2.75, 3.05) is 13.1 Å². The van der Waals surface area contributed by atoms with Crippen LogP contribution in [-0.4, -0.2) is 57.2 Å². The third-order valence-corrected chi connectivity index (χ3v) is 5.11. The van der Waals surface area contributed by atoms with E-state index in [0.717, 1.165) is 18.4 Å². The van der Waals surface area contributed by atoms with Crippen LogP contribution in [0.1, 0.15) is 40.5 Å². The molecule has 0 atom stereocenters. The van der Waals surface area contributed by atoms with Crippen LogP contribution >= 0.6 is 0 Å². The lowest BCUT2D eigenvalue weighted by atomic mass is 9.76. The monoisotopic (exact) mass is 332 g/mol. The number of carbonyl (C=O) groups excluding carboxylic acids is 1. The summed E-state index contributed by atoms with van der Waals surface area (Å²) in [5.41, 5.74) is 0.310. The normalized spacial score (nSPS) is 22.6. The number of hydrogen-bond acceptors (Lipinski definition) is 5. The summed E-state index contributed by atoms with van der Waals surface area (Å²) in [5.74, 6) is 0.118. The summed E-state index contributed by atoms with van der Waals surface area (Å²) >= 11 is 0. The number of aryl methyl sites for hydroxylation is 1. The van der Waals surface area contributed by atoms with E-state index in [2.05, 4.69) is 16.4 Å². The fraction of sp³-hybridized carbons (Fsp3) is 0.688. The Hall–Kier alpha value is -1.67. The van der Waals surface area contributed by atoms with Crippen LogP contribution in [0.15, 0.2) is 23.9 Å². The SMILES string of the molecule is CC1(C)OB(C2=CCCN(C(=O)CCn3ccnn3)C2)OC1(C)C. The summed E-state index contributed by atoms with van der Waals surface area (Å²) in [7, 11) is -0.374. The van der Waals surface area contributed by atoms with Crippen molar-refractivity contribution in [3.63, 3.8) is 0 Å². The molecule has 1 fully saturated rings. The lowest BCUT2D eigenvalue weighted by Gasteiger charge is -2.32. The van der Waals surface area contributed by atoms with E-state index in [1.54, 1.807) is 17.1 Å². The average Bonchev–Trinajstić information content (AvgIpc) is 3.11. The molecule has 1 amide bonds. The van der Waals surface area contributed by atoms with Crippen molar-refractivity contribution in [3.8, 4) is 0 Å². The first-order valence-corrected chi connectivity index (χ1v) is 8.45. The van der Waals surface area contributed by atoms with Gasteiger partial charge in [-0.1, -0.05) is 11.3 Å². The maximum Gasteiger partial charge on any atom is 0.492 e. The first kappa shape index (κ1) is 17.2. The Labute approximate surface area is 143 Å². The molecule has 1 aromatic rings. The van der Waals surface area contributed by atoms with Crippen molar-refractivity contribution in [1.29, 1.82) is 0 Å². The standard InChI is InChI=1S/C16H25BN4O3/c1-15(2)16(3,4)24-17(23-15)13-6-5-9-20(12-13)14(22)7-10-21-11-8-18-19-21/h6,8,11H,5,7,9-10,12H2,1-4H3. The molecule has 0 unspecified atom stereocenters. The van der Waals surface area contributed by atoms with Crippen LogP contribution in [0.25, 0.3) is 0 Å². The van der Waals surface area contributed by atoms with Gasteiger partial charge in [-0.05, 0) is 39.6 Å². The fourth-order valence-electron chi connectivity index (χ4n) is 2.87. The van der Waals surface area contributed by atoms with Gasteiger partial charge in [0.2, 0.25) is 5.91 Å². The second kappa shape index (κ2) is 6.33. The second-order valence-corrected chi connectivity index (χ2v) is 7.39. The van der Waals surface area contributed by atoms with E-state index in [1.807, 2.05) is 32.6 Å². The molecular weight excluding hydrogens is 307 g/mol. The van der Waals surface area contributed by atoms with Gasteiger partial charge in [-0.15, -0.1) is 5.10 Å². The van der Waals surface area contributed by atoms with Gasteiger partial charge in [0.15, 0.2) is 0 Å². The predicted molar refractivity (Wildman–Crippen MR) is 90.0 cm³/mol. The molecule has 7 nitrogen and oxygen atoms in total. The van der Waals surface area contributed by atoms with Crippen LogP contribution in [0.4, 0.5) is 0 Å². The van der Waals surface area contributed by atoms with E-state index in [0.29, 0.717) is 19.5 Å². The largest absolute Gasteiger partial charge is 0.492 e. The summed E-state index contributed by atoms with van der Waals surface area (Å²) < 4.78 is 13.9. The predicted octanol–water partition coefficient (Wildman–Crippen LogP) is 1.46. The Kier molecular flexibility index (Phi) is 4.53. The van der Waals surface area contributed by atoms with E-state index in [9.17, 15) is 4.79 Å². The first-order chi connectivity index (χ1) is 11.3. The third-order valence-electron chi connectivity index (χ3n) is 5.11.